The first kappa shape index (κ1) is 19.7. The third-order valence-corrected chi connectivity index (χ3v) is 3.16. The van der Waals surface area contributed by atoms with Gasteiger partial charge in [0, 0.05) is 6.21 Å². The minimum absolute atomic E-state index is 0.0960. The van der Waals surface area contributed by atoms with Crippen molar-refractivity contribution in [2.45, 2.75) is 33.8 Å². The van der Waals surface area contributed by atoms with Crippen LogP contribution in [-0.2, 0) is 14.3 Å². The molecule has 0 aromatic heterocycles. The predicted molar refractivity (Wildman–Crippen MR) is 92.1 cm³/mol. The SMILES string of the molecule is CCOC(=O)c1cccc(N=CC(C(=O)OC(C)C)=C(C)O)c1Cl. The molecule has 0 aliphatic carbocycles. The maximum Gasteiger partial charge on any atom is 0.343 e. The summed E-state index contributed by atoms with van der Waals surface area (Å²) in [7, 11) is 0. The minimum atomic E-state index is -0.702. The molecule has 0 atom stereocenters. The van der Waals surface area contributed by atoms with Gasteiger partial charge in [0.25, 0.3) is 0 Å². The largest absolute Gasteiger partial charge is 0.512 e. The molecule has 0 aliphatic heterocycles. The number of aliphatic hydroxyl groups excluding tert-OH is 1. The van der Waals surface area contributed by atoms with Crippen LogP contribution in [0.5, 0.6) is 0 Å². The van der Waals surface area contributed by atoms with Gasteiger partial charge in [-0.25, -0.2) is 9.59 Å². The van der Waals surface area contributed by atoms with E-state index in [0.717, 1.165) is 6.21 Å². The lowest BCUT2D eigenvalue weighted by molar-refractivity contribution is -0.142. The quantitative estimate of drug-likeness (QED) is 0.361. The number of rotatable bonds is 6. The zero-order chi connectivity index (χ0) is 18.3. The highest BCUT2D eigenvalue weighted by molar-refractivity contribution is 6.36. The number of allylic oxidation sites excluding steroid dienone is 1. The van der Waals surface area contributed by atoms with Crippen molar-refractivity contribution >= 4 is 35.4 Å². The van der Waals surface area contributed by atoms with E-state index in [2.05, 4.69) is 4.99 Å². The Hall–Kier alpha value is -2.34. The predicted octanol–water partition coefficient (Wildman–Crippen LogP) is 4.00. The van der Waals surface area contributed by atoms with E-state index < -0.39 is 11.9 Å². The van der Waals surface area contributed by atoms with Gasteiger partial charge in [0.05, 0.1) is 29.0 Å². The highest BCUT2D eigenvalue weighted by atomic mass is 35.5. The van der Waals surface area contributed by atoms with E-state index in [1.54, 1.807) is 32.9 Å². The first-order chi connectivity index (χ1) is 11.3. The fourth-order valence-corrected chi connectivity index (χ4v) is 1.94. The molecule has 0 saturated carbocycles. The highest BCUT2D eigenvalue weighted by Gasteiger charge is 2.16. The molecule has 1 aromatic carbocycles. The molecule has 0 unspecified atom stereocenters. The van der Waals surface area contributed by atoms with Crippen LogP contribution in [0.2, 0.25) is 5.02 Å². The summed E-state index contributed by atoms with van der Waals surface area (Å²) < 4.78 is 9.94. The first-order valence-corrected chi connectivity index (χ1v) is 7.76. The molecule has 0 saturated heterocycles. The zero-order valence-corrected chi connectivity index (χ0v) is 14.8. The van der Waals surface area contributed by atoms with E-state index in [1.807, 2.05) is 0 Å². The van der Waals surface area contributed by atoms with Crippen LogP contribution >= 0.6 is 11.6 Å². The van der Waals surface area contributed by atoms with E-state index in [-0.39, 0.29) is 40.3 Å². The molecule has 6 nitrogen and oxygen atoms in total. The van der Waals surface area contributed by atoms with E-state index in [9.17, 15) is 14.7 Å². The number of benzene rings is 1. The lowest BCUT2D eigenvalue weighted by atomic mass is 10.2. The number of halogens is 1. The summed E-state index contributed by atoms with van der Waals surface area (Å²) in [6.07, 6.45) is 0.812. The van der Waals surface area contributed by atoms with Gasteiger partial charge < -0.3 is 14.6 Å². The van der Waals surface area contributed by atoms with Gasteiger partial charge in [0.1, 0.15) is 11.3 Å². The van der Waals surface area contributed by atoms with Crippen molar-refractivity contribution in [1.82, 2.24) is 0 Å². The number of aliphatic hydroxyl groups is 1. The molecule has 1 N–H and O–H groups in total. The van der Waals surface area contributed by atoms with E-state index in [0.29, 0.717) is 0 Å². The molecular formula is C17H20ClNO5. The molecular weight excluding hydrogens is 334 g/mol. The average Bonchev–Trinajstić information content (AvgIpc) is 2.48. The molecule has 1 aromatic rings. The monoisotopic (exact) mass is 353 g/mol. The van der Waals surface area contributed by atoms with Gasteiger partial charge >= 0.3 is 11.9 Å². The second kappa shape index (κ2) is 9.08. The van der Waals surface area contributed by atoms with Crippen LogP contribution in [0.15, 0.2) is 34.5 Å². The zero-order valence-electron chi connectivity index (χ0n) is 14.0. The molecule has 130 valence electrons. The normalized spacial score (nSPS) is 12.2. The molecule has 24 heavy (non-hydrogen) atoms. The summed E-state index contributed by atoms with van der Waals surface area (Å²) in [4.78, 5) is 27.8. The molecule has 0 amide bonds. The molecule has 7 heteroatoms. The van der Waals surface area contributed by atoms with E-state index in [4.69, 9.17) is 21.1 Å². The van der Waals surface area contributed by atoms with Gasteiger partial charge in [-0.05, 0) is 39.8 Å². The Bertz CT molecular complexity index is 676. The third kappa shape index (κ3) is 5.38. The molecule has 0 bridgehead atoms. The lowest BCUT2D eigenvalue weighted by Crippen LogP contribution is -2.15. The van der Waals surface area contributed by atoms with E-state index in [1.165, 1.54) is 13.0 Å². The van der Waals surface area contributed by atoms with Crippen molar-refractivity contribution in [1.29, 1.82) is 0 Å². The van der Waals surface area contributed by atoms with Gasteiger partial charge in [-0.1, -0.05) is 17.7 Å². The second-order valence-electron chi connectivity index (χ2n) is 5.07. The number of hydrogen-bond acceptors (Lipinski definition) is 6. The molecule has 0 aliphatic rings. The third-order valence-electron chi connectivity index (χ3n) is 2.76. The van der Waals surface area contributed by atoms with Crippen LogP contribution in [-0.4, -0.2) is 36.0 Å². The summed E-state index contributed by atoms with van der Waals surface area (Å²) >= 11 is 6.16. The van der Waals surface area contributed by atoms with Crippen molar-refractivity contribution in [2.24, 2.45) is 4.99 Å². The molecule has 0 radical (unpaired) electrons. The second-order valence-corrected chi connectivity index (χ2v) is 5.45. The number of nitrogens with zero attached hydrogens (tertiary/aromatic N) is 1. The standard InChI is InChI=1S/C17H20ClNO5/c1-5-23-16(21)12-7-6-8-14(15(12)18)19-9-13(11(4)20)17(22)24-10(2)3/h6-10,20H,5H2,1-4H3. The molecule has 0 spiro atoms. The highest BCUT2D eigenvalue weighted by Crippen LogP contribution is 2.29. The number of aliphatic imine (C=N–C) groups is 1. The summed E-state index contributed by atoms with van der Waals surface area (Å²) in [6, 6.07) is 4.67. The Morgan fingerprint density at radius 1 is 1.38 bits per heavy atom. The van der Waals surface area contributed by atoms with Crippen LogP contribution < -0.4 is 0 Å². The Labute approximate surface area is 145 Å². The van der Waals surface area contributed by atoms with E-state index >= 15 is 0 Å². The van der Waals surface area contributed by atoms with Crippen LogP contribution in [0.1, 0.15) is 38.1 Å². The molecule has 0 heterocycles. The minimum Gasteiger partial charge on any atom is -0.512 e. The number of hydrogen-bond donors (Lipinski definition) is 1. The van der Waals surface area contributed by atoms with Gasteiger partial charge in [-0.2, -0.15) is 0 Å². The van der Waals surface area contributed by atoms with Crippen molar-refractivity contribution in [3.8, 4) is 0 Å². The maximum atomic E-state index is 11.9. The van der Waals surface area contributed by atoms with Crippen LogP contribution in [0.25, 0.3) is 0 Å². The maximum absolute atomic E-state index is 11.9. The summed E-state index contributed by atoms with van der Waals surface area (Å²) in [5.74, 6) is -1.50. The molecule has 1 rings (SSSR count). The lowest BCUT2D eigenvalue weighted by Gasteiger charge is -2.09. The van der Waals surface area contributed by atoms with Crippen LogP contribution in [0.3, 0.4) is 0 Å². The van der Waals surface area contributed by atoms with Crippen molar-refractivity contribution in [2.75, 3.05) is 6.61 Å². The van der Waals surface area contributed by atoms with Gasteiger partial charge in [-0.3, -0.25) is 4.99 Å². The number of carbonyl (C=O) groups excluding carboxylic acids is 2. The smallest absolute Gasteiger partial charge is 0.343 e. The van der Waals surface area contributed by atoms with Gasteiger partial charge in [-0.15, -0.1) is 0 Å². The fraction of sp³-hybridized carbons (Fsp3) is 0.353. The summed E-state index contributed by atoms with van der Waals surface area (Å²) in [6.45, 7) is 6.65. The first-order valence-electron chi connectivity index (χ1n) is 7.38. The Balaban J connectivity index is 3.13. The number of esters is 2. The average molecular weight is 354 g/mol. The Morgan fingerprint density at radius 3 is 2.58 bits per heavy atom. The molecule has 0 fully saturated rings. The van der Waals surface area contributed by atoms with Crippen LogP contribution in [0, 0.1) is 0 Å². The van der Waals surface area contributed by atoms with Crippen LogP contribution in [0.4, 0.5) is 5.69 Å². The summed E-state index contributed by atoms with van der Waals surface area (Å²) in [5, 5.41) is 9.73. The number of carbonyl (C=O) groups is 2. The fourth-order valence-electron chi connectivity index (χ4n) is 1.69. The topological polar surface area (TPSA) is 85.2 Å². The van der Waals surface area contributed by atoms with Crippen molar-refractivity contribution in [3.63, 3.8) is 0 Å². The summed E-state index contributed by atoms with van der Waals surface area (Å²) in [5.41, 5.74) is 0.337. The number of ether oxygens (including phenoxy) is 2. The van der Waals surface area contributed by atoms with Crippen molar-refractivity contribution < 1.29 is 24.2 Å². The van der Waals surface area contributed by atoms with Gasteiger partial charge in [0.2, 0.25) is 0 Å². The van der Waals surface area contributed by atoms with Gasteiger partial charge in [0.15, 0.2) is 0 Å². The Morgan fingerprint density at radius 2 is 2.04 bits per heavy atom. The Kier molecular flexibility index (Phi) is 7.45. The van der Waals surface area contributed by atoms with Crippen molar-refractivity contribution in [3.05, 3.63) is 40.1 Å².